The van der Waals surface area contributed by atoms with E-state index < -0.39 is 53.4 Å². The molecule has 1 fully saturated rings. The van der Waals surface area contributed by atoms with Crippen LogP contribution in [-0.4, -0.2) is 60.7 Å². The van der Waals surface area contributed by atoms with Gasteiger partial charge in [0.05, 0.1) is 25.2 Å². The van der Waals surface area contributed by atoms with Crippen LogP contribution in [0.25, 0.3) is 0 Å². The molecule has 10 heteroatoms. The van der Waals surface area contributed by atoms with Gasteiger partial charge in [0.15, 0.2) is 6.10 Å². The monoisotopic (exact) mass is 480 g/mol. The van der Waals surface area contributed by atoms with E-state index in [1.54, 1.807) is 19.9 Å². The molecule has 0 aromatic rings. The van der Waals surface area contributed by atoms with Crippen LogP contribution in [0.5, 0.6) is 0 Å². The van der Waals surface area contributed by atoms with Crippen LogP contribution < -0.4 is 0 Å². The van der Waals surface area contributed by atoms with Crippen molar-refractivity contribution in [1.29, 1.82) is 0 Å². The fourth-order valence-electron chi connectivity index (χ4n) is 4.25. The van der Waals surface area contributed by atoms with E-state index in [9.17, 15) is 19.2 Å². The first-order chi connectivity index (χ1) is 15.8. The maximum atomic E-state index is 12.7. The van der Waals surface area contributed by atoms with Crippen molar-refractivity contribution in [3.63, 3.8) is 0 Å². The predicted octanol–water partition coefficient (Wildman–Crippen LogP) is 2.35. The summed E-state index contributed by atoms with van der Waals surface area (Å²) in [5.74, 6) is -2.44. The van der Waals surface area contributed by atoms with E-state index in [-0.39, 0.29) is 32.0 Å². The summed E-state index contributed by atoms with van der Waals surface area (Å²) in [5.41, 5.74) is -0.777. The molecule has 10 nitrogen and oxygen atoms in total. The zero-order chi connectivity index (χ0) is 25.3. The molecule has 0 bridgehead atoms. The molecule has 0 aromatic carbocycles. The van der Waals surface area contributed by atoms with Gasteiger partial charge < -0.3 is 28.4 Å². The molecule has 2 heterocycles. The number of carbonyl (C=O) groups is 4. The second-order valence-corrected chi connectivity index (χ2v) is 9.80. The smallest absolute Gasteiger partial charge is 0.310 e. The van der Waals surface area contributed by atoms with Crippen LogP contribution in [0, 0.1) is 11.8 Å². The average molecular weight is 481 g/mol. The van der Waals surface area contributed by atoms with Gasteiger partial charge in [0, 0.05) is 25.8 Å². The molecule has 0 N–H and O–H groups in total. The maximum Gasteiger partial charge on any atom is 0.310 e. The minimum Gasteiger partial charge on any atom is -0.461 e. The lowest BCUT2D eigenvalue weighted by molar-refractivity contribution is -0.187. The normalized spacial score (nSPS) is 27.2. The van der Waals surface area contributed by atoms with Crippen LogP contribution in [0.3, 0.4) is 0 Å². The van der Waals surface area contributed by atoms with Gasteiger partial charge in [0.2, 0.25) is 0 Å². The third-order valence-corrected chi connectivity index (χ3v) is 5.64. The molecule has 0 aromatic heterocycles. The molecule has 1 saturated heterocycles. The van der Waals surface area contributed by atoms with Gasteiger partial charge in [0.25, 0.3) is 6.29 Å². The minimum atomic E-state index is -1.04. The first kappa shape index (κ1) is 25.7. The molecule has 1 spiro atoms. The van der Waals surface area contributed by atoms with Crippen molar-refractivity contribution in [3.8, 4) is 0 Å². The fraction of sp³-hybridized carbons (Fsp3) is 0.667. The van der Waals surface area contributed by atoms with Gasteiger partial charge in [-0.2, -0.15) is 0 Å². The second-order valence-electron chi connectivity index (χ2n) is 9.80. The zero-order valence-electron chi connectivity index (χ0n) is 20.4. The molecule has 3 rings (SSSR count). The molecule has 1 aliphatic carbocycles. The lowest BCUT2D eigenvalue weighted by atomic mass is 9.85. The molecule has 3 aliphatic rings. The number of hydrogen-bond acceptors (Lipinski definition) is 10. The summed E-state index contributed by atoms with van der Waals surface area (Å²) >= 11 is 0. The quantitative estimate of drug-likeness (QED) is 0.276. The highest BCUT2D eigenvalue weighted by Gasteiger charge is 2.68. The lowest BCUT2D eigenvalue weighted by Gasteiger charge is -2.33. The molecule has 0 amide bonds. The highest BCUT2D eigenvalue weighted by Crippen LogP contribution is 2.54. The van der Waals surface area contributed by atoms with Gasteiger partial charge in [-0.3, -0.25) is 19.2 Å². The van der Waals surface area contributed by atoms with Crippen LogP contribution in [-0.2, 0) is 47.6 Å². The Labute approximate surface area is 198 Å². The van der Waals surface area contributed by atoms with Crippen molar-refractivity contribution in [2.75, 3.05) is 13.2 Å². The van der Waals surface area contributed by atoms with Crippen molar-refractivity contribution in [2.24, 2.45) is 11.8 Å². The number of fused-ring (bicyclic) bond motifs is 2. The number of rotatable bonds is 9. The molecular weight excluding hydrogens is 448 g/mol. The van der Waals surface area contributed by atoms with Gasteiger partial charge in [-0.15, -0.1) is 0 Å². The average Bonchev–Trinajstić information content (AvgIpc) is 3.39. The van der Waals surface area contributed by atoms with E-state index in [0.717, 1.165) is 0 Å². The molecule has 0 radical (unpaired) electrons. The first-order valence-electron chi connectivity index (χ1n) is 11.3. The van der Waals surface area contributed by atoms with Crippen molar-refractivity contribution >= 4 is 23.9 Å². The number of ether oxygens (including phenoxy) is 6. The Hall–Kier alpha value is -2.88. The zero-order valence-corrected chi connectivity index (χ0v) is 20.4. The van der Waals surface area contributed by atoms with E-state index in [2.05, 4.69) is 0 Å². The van der Waals surface area contributed by atoms with Crippen LogP contribution in [0.2, 0.25) is 0 Å². The van der Waals surface area contributed by atoms with E-state index in [1.165, 1.54) is 20.1 Å². The van der Waals surface area contributed by atoms with Gasteiger partial charge in [0.1, 0.15) is 17.8 Å². The summed E-state index contributed by atoms with van der Waals surface area (Å²) in [6, 6.07) is 0. The van der Waals surface area contributed by atoms with Crippen LogP contribution in [0.1, 0.15) is 54.4 Å². The molecule has 4 atom stereocenters. The highest BCUT2D eigenvalue weighted by molar-refractivity contribution is 5.73. The molecule has 34 heavy (non-hydrogen) atoms. The minimum absolute atomic E-state index is 0.0550. The predicted molar refractivity (Wildman–Crippen MR) is 116 cm³/mol. The summed E-state index contributed by atoms with van der Waals surface area (Å²) in [7, 11) is 0. The fourth-order valence-corrected chi connectivity index (χ4v) is 4.25. The summed E-state index contributed by atoms with van der Waals surface area (Å²) in [6.07, 6.45) is 1.39. The van der Waals surface area contributed by atoms with E-state index >= 15 is 0 Å². The summed E-state index contributed by atoms with van der Waals surface area (Å²) in [4.78, 5) is 47.7. The highest BCUT2D eigenvalue weighted by atomic mass is 16.7. The van der Waals surface area contributed by atoms with E-state index in [1.807, 2.05) is 13.8 Å². The van der Waals surface area contributed by atoms with Crippen molar-refractivity contribution in [1.82, 2.24) is 0 Å². The van der Waals surface area contributed by atoms with Gasteiger partial charge in [-0.05, 0) is 31.4 Å². The number of esters is 4. The van der Waals surface area contributed by atoms with Gasteiger partial charge >= 0.3 is 23.9 Å². The molecule has 3 unspecified atom stereocenters. The Kier molecular flexibility index (Phi) is 7.40. The summed E-state index contributed by atoms with van der Waals surface area (Å²) in [5, 5.41) is 0. The maximum absolute atomic E-state index is 12.7. The Morgan fingerprint density at radius 2 is 1.79 bits per heavy atom. The second kappa shape index (κ2) is 9.77. The Morgan fingerprint density at radius 1 is 1.12 bits per heavy atom. The molecule has 2 aliphatic heterocycles. The third kappa shape index (κ3) is 5.97. The summed E-state index contributed by atoms with van der Waals surface area (Å²) < 4.78 is 33.2. The Balaban J connectivity index is 1.81. The van der Waals surface area contributed by atoms with E-state index in [4.69, 9.17) is 28.4 Å². The SMILES string of the molecule is CC(=O)OCC1=COC(OC(=O)CC(C)C)C2C1=CC(OC(=O)CC(C)(C)OC(C)=O)[C@]21CO1. The van der Waals surface area contributed by atoms with Gasteiger partial charge in [-0.1, -0.05) is 13.8 Å². The van der Waals surface area contributed by atoms with E-state index in [0.29, 0.717) is 11.1 Å². The third-order valence-electron chi connectivity index (χ3n) is 5.64. The number of hydrogen-bond donors (Lipinski definition) is 0. The van der Waals surface area contributed by atoms with Gasteiger partial charge in [-0.25, -0.2) is 0 Å². The van der Waals surface area contributed by atoms with Crippen molar-refractivity contribution in [3.05, 3.63) is 23.5 Å². The largest absolute Gasteiger partial charge is 0.461 e. The van der Waals surface area contributed by atoms with Crippen LogP contribution >= 0.6 is 0 Å². The van der Waals surface area contributed by atoms with Crippen LogP contribution in [0.4, 0.5) is 0 Å². The number of epoxide rings is 1. The Morgan fingerprint density at radius 3 is 2.35 bits per heavy atom. The van der Waals surface area contributed by atoms with Crippen molar-refractivity contribution < 1.29 is 47.6 Å². The molecule has 0 saturated carbocycles. The summed E-state index contributed by atoms with van der Waals surface area (Å²) in [6.45, 7) is 9.80. The molecule has 188 valence electrons. The lowest BCUT2D eigenvalue weighted by Crippen LogP contribution is -2.45. The number of carbonyl (C=O) groups excluding carboxylic acids is 4. The van der Waals surface area contributed by atoms with Crippen molar-refractivity contribution in [2.45, 2.75) is 78.0 Å². The van der Waals surface area contributed by atoms with Crippen LogP contribution in [0.15, 0.2) is 23.5 Å². The first-order valence-corrected chi connectivity index (χ1v) is 11.3. The Bertz CT molecular complexity index is 909. The topological polar surface area (TPSA) is 127 Å². The molecular formula is C24H32O10. The standard InChI is InChI=1S/C24H32O10/c1-13(2)7-19(27)33-22-21-17(16(11-30-22)10-29-14(3)25)8-18(24(21)12-31-24)32-20(28)9-23(5,6)34-15(4)26/h8,11,13,18,21-22H,7,9-10,12H2,1-6H3/t18?,21?,22?,24-/m1/s1.